The van der Waals surface area contributed by atoms with E-state index < -0.39 is 21.9 Å². The number of piperidine rings is 1. The summed E-state index contributed by atoms with van der Waals surface area (Å²) in [5, 5.41) is 7.69. The van der Waals surface area contributed by atoms with Crippen LogP contribution in [-0.4, -0.2) is 61.0 Å². The SMILES string of the molecule is Cc1ccc2c(NS(=O)(=O)C[C@H]3CCCO3)c(F)ccc2c1Oc1ncccc1-c1ccnc(N[C@H]2CCCNC2)n1. The van der Waals surface area contributed by atoms with E-state index in [0.29, 0.717) is 52.6 Å². The molecular formula is C30H33FN6O4S. The first-order valence-electron chi connectivity index (χ1n) is 14.1. The highest BCUT2D eigenvalue weighted by Gasteiger charge is 2.25. The zero-order valence-corrected chi connectivity index (χ0v) is 24.1. The maximum absolute atomic E-state index is 15.1. The molecule has 6 rings (SSSR count). The summed E-state index contributed by atoms with van der Waals surface area (Å²) < 4.78 is 55.3. The Balaban J connectivity index is 1.32. The van der Waals surface area contributed by atoms with Gasteiger partial charge in [-0.3, -0.25) is 4.72 Å². The molecule has 220 valence electrons. The van der Waals surface area contributed by atoms with Crippen LogP contribution in [-0.2, 0) is 14.8 Å². The lowest BCUT2D eigenvalue weighted by Gasteiger charge is -2.23. The molecule has 0 saturated carbocycles. The van der Waals surface area contributed by atoms with E-state index in [1.165, 1.54) is 6.07 Å². The summed E-state index contributed by atoms with van der Waals surface area (Å²) in [6.45, 7) is 4.26. The number of halogens is 1. The minimum absolute atomic E-state index is 0.125. The molecule has 2 fully saturated rings. The first-order chi connectivity index (χ1) is 20.4. The van der Waals surface area contributed by atoms with Crippen molar-refractivity contribution < 1.29 is 22.3 Å². The van der Waals surface area contributed by atoms with Gasteiger partial charge in [0.25, 0.3) is 0 Å². The summed E-state index contributed by atoms with van der Waals surface area (Å²) in [6, 6.07) is 12.0. The lowest BCUT2D eigenvalue weighted by Crippen LogP contribution is -2.38. The monoisotopic (exact) mass is 592 g/mol. The van der Waals surface area contributed by atoms with Gasteiger partial charge in [-0.15, -0.1) is 0 Å². The molecule has 0 aliphatic carbocycles. The third-order valence-electron chi connectivity index (χ3n) is 7.52. The van der Waals surface area contributed by atoms with Crippen LogP contribution in [0.2, 0.25) is 0 Å². The highest BCUT2D eigenvalue weighted by atomic mass is 32.2. The Hall–Kier alpha value is -3.87. The minimum atomic E-state index is -3.86. The molecule has 42 heavy (non-hydrogen) atoms. The van der Waals surface area contributed by atoms with E-state index in [1.54, 1.807) is 42.7 Å². The van der Waals surface area contributed by atoms with Crippen molar-refractivity contribution in [2.24, 2.45) is 0 Å². The molecule has 12 heteroatoms. The molecule has 4 heterocycles. The van der Waals surface area contributed by atoms with Crippen molar-refractivity contribution in [1.29, 1.82) is 0 Å². The fourth-order valence-corrected chi connectivity index (χ4v) is 6.77. The first-order valence-corrected chi connectivity index (χ1v) is 15.8. The second-order valence-corrected chi connectivity index (χ2v) is 12.4. The van der Waals surface area contributed by atoms with Crippen molar-refractivity contribution in [1.82, 2.24) is 20.3 Å². The van der Waals surface area contributed by atoms with E-state index in [4.69, 9.17) is 14.5 Å². The highest BCUT2D eigenvalue weighted by Crippen LogP contribution is 2.39. The number of fused-ring (bicyclic) bond motifs is 1. The smallest absolute Gasteiger partial charge is 0.235 e. The van der Waals surface area contributed by atoms with Crippen molar-refractivity contribution in [3.63, 3.8) is 0 Å². The maximum atomic E-state index is 15.1. The Morgan fingerprint density at radius 1 is 1.07 bits per heavy atom. The van der Waals surface area contributed by atoms with Crippen LogP contribution >= 0.6 is 0 Å². The van der Waals surface area contributed by atoms with Crippen molar-refractivity contribution in [3.05, 3.63) is 66.2 Å². The van der Waals surface area contributed by atoms with E-state index in [0.717, 1.165) is 37.9 Å². The molecule has 3 N–H and O–H groups in total. The van der Waals surface area contributed by atoms with Gasteiger partial charge in [-0.2, -0.15) is 0 Å². The van der Waals surface area contributed by atoms with Gasteiger partial charge in [-0.05, 0) is 75.0 Å². The molecule has 2 aliphatic rings. The van der Waals surface area contributed by atoms with E-state index in [-0.39, 0.29) is 17.5 Å². The predicted molar refractivity (Wildman–Crippen MR) is 160 cm³/mol. The number of nitrogens with one attached hydrogen (secondary N) is 3. The van der Waals surface area contributed by atoms with Crippen LogP contribution in [0, 0.1) is 12.7 Å². The molecule has 2 aromatic carbocycles. The summed E-state index contributed by atoms with van der Waals surface area (Å²) in [4.78, 5) is 13.6. The van der Waals surface area contributed by atoms with Crippen LogP contribution in [0.4, 0.5) is 16.0 Å². The van der Waals surface area contributed by atoms with Crippen molar-refractivity contribution in [3.8, 4) is 22.9 Å². The Morgan fingerprint density at radius 3 is 2.76 bits per heavy atom. The van der Waals surface area contributed by atoms with Crippen LogP contribution in [0.5, 0.6) is 11.6 Å². The van der Waals surface area contributed by atoms with Gasteiger partial charge >= 0.3 is 0 Å². The fourth-order valence-electron chi connectivity index (χ4n) is 5.42. The number of pyridine rings is 1. The second kappa shape index (κ2) is 12.2. The Kier molecular flexibility index (Phi) is 8.18. The Bertz CT molecular complexity index is 1690. The summed E-state index contributed by atoms with van der Waals surface area (Å²) in [7, 11) is -3.86. The number of aromatic nitrogens is 3. The van der Waals surface area contributed by atoms with Crippen molar-refractivity contribution in [2.75, 3.05) is 35.5 Å². The largest absolute Gasteiger partial charge is 0.437 e. The average Bonchev–Trinajstić information content (AvgIpc) is 3.49. The van der Waals surface area contributed by atoms with Gasteiger partial charge in [0.2, 0.25) is 21.9 Å². The molecular weight excluding hydrogens is 559 g/mol. The fraction of sp³-hybridized carbons (Fsp3) is 0.367. The van der Waals surface area contributed by atoms with Crippen LogP contribution in [0.25, 0.3) is 22.0 Å². The lowest BCUT2D eigenvalue weighted by molar-refractivity contribution is 0.127. The molecule has 10 nitrogen and oxygen atoms in total. The van der Waals surface area contributed by atoms with Gasteiger partial charge < -0.3 is 20.1 Å². The van der Waals surface area contributed by atoms with Crippen molar-refractivity contribution >= 4 is 32.4 Å². The van der Waals surface area contributed by atoms with Gasteiger partial charge in [0.15, 0.2) is 0 Å². The number of sulfonamides is 1. The van der Waals surface area contributed by atoms with Crippen LogP contribution < -0.4 is 20.1 Å². The summed E-state index contributed by atoms with van der Waals surface area (Å²) in [5.41, 5.74) is 1.93. The molecule has 2 aromatic heterocycles. The van der Waals surface area contributed by atoms with E-state index in [1.807, 2.05) is 13.0 Å². The number of benzene rings is 2. The maximum Gasteiger partial charge on any atom is 0.235 e. The number of rotatable bonds is 9. The number of nitrogens with zero attached hydrogens (tertiary/aromatic N) is 3. The van der Waals surface area contributed by atoms with Gasteiger partial charge in [0, 0.05) is 42.4 Å². The molecule has 2 aliphatic heterocycles. The topological polar surface area (TPSA) is 127 Å². The van der Waals surface area contributed by atoms with Gasteiger partial charge in [-0.1, -0.05) is 12.1 Å². The minimum Gasteiger partial charge on any atom is -0.437 e. The molecule has 4 aromatic rings. The average molecular weight is 593 g/mol. The quantitative estimate of drug-likeness (QED) is 0.246. The van der Waals surface area contributed by atoms with Crippen molar-refractivity contribution in [2.45, 2.75) is 44.8 Å². The molecule has 0 spiro atoms. The van der Waals surface area contributed by atoms with Crippen LogP contribution in [0.15, 0.2) is 54.9 Å². The second-order valence-electron chi connectivity index (χ2n) is 10.7. The van der Waals surface area contributed by atoms with Crippen LogP contribution in [0.1, 0.15) is 31.2 Å². The summed E-state index contributed by atoms with van der Waals surface area (Å²) in [6.07, 6.45) is 6.50. The molecule has 0 radical (unpaired) electrons. The highest BCUT2D eigenvalue weighted by molar-refractivity contribution is 7.92. The number of hydrogen-bond donors (Lipinski definition) is 3. The van der Waals surface area contributed by atoms with E-state index in [2.05, 4.69) is 25.3 Å². The molecule has 0 unspecified atom stereocenters. The first kappa shape index (κ1) is 28.3. The van der Waals surface area contributed by atoms with E-state index in [9.17, 15) is 8.42 Å². The molecule has 0 bridgehead atoms. The summed E-state index contributed by atoms with van der Waals surface area (Å²) >= 11 is 0. The standard InChI is InChI=1S/C30H33FN6O4S/c1-19-8-9-22-23(10-11-25(31)27(22)37-42(38,39)18-21-6-4-16-40-21)28(19)41-29-24(7-3-14-33-29)26-12-15-34-30(36-26)35-20-5-2-13-32-17-20/h3,7-12,14-15,20-21,32,37H,2,4-6,13,16-18H2,1H3,(H,34,35,36)/t20-,21+/m0/s1. The van der Waals surface area contributed by atoms with Crippen LogP contribution in [0.3, 0.4) is 0 Å². The normalized spacial score (nSPS) is 19.1. The number of hydrogen-bond acceptors (Lipinski definition) is 9. The Morgan fingerprint density at radius 2 is 1.95 bits per heavy atom. The molecule has 2 saturated heterocycles. The number of anilines is 2. The summed E-state index contributed by atoms with van der Waals surface area (Å²) in [5.74, 6) is 0.353. The predicted octanol–water partition coefficient (Wildman–Crippen LogP) is 5.02. The van der Waals surface area contributed by atoms with Gasteiger partial charge in [0.05, 0.1) is 28.8 Å². The molecule has 2 atom stereocenters. The zero-order chi connectivity index (χ0) is 29.1. The van der Waals surface area contributed by atoms with E-state index >= 15 is 4.39 Å². The zero-order valence-electron chi connectivity index (χ0n) is 23.3. The molecule has 0 amide bonds. The van der Waals surface area contributed by atoms with Gasteiger partial charge in [-0.25, -0.2) is 27.8 Å². The number of aryl methyl sites for hydroxylation is 1. The third kappa shape index (κ3) is 6.30. The lowest BCUT2D eigenvalue weighted by atomic mass is 10.0. The Labute approximate surface area is 244 Å². The van der Waals surface area contributed by atoms with Gasteiger partial charge in [0.1, 0.15) is 11.6 Å². The number of ether oxygens (including phenoxy) is 2. The third-order valence-corrected chi connectivity index (χ3v) is 8.84.